The maximum atomic E-state index is 5.54. The van der Waals surface area contributed by atoms with Gasteiger partial charge in [0.25, 0.3) is 0 Å². The second-order valence-electron chi connectivity index (χ2n) is 5.80. The summed E-state index contributed by atoms with van der Waals surface area (Å²) < 4.78 is 5.54. The van der Waals surface area contributed by atoms with Gasteiger partial charge in [0.2, 0.25) is 0 Å². The van der Waals surface area contributed by atoms with E-state index < -0.39 is 0 Å². The molecule has 0 aromatic carbocycles. The second-order valence-corrected chi connectivity index (χ2v) is 6.78. The third-order valence-corrected chi connectivity index (χ3v) is 5.16. The minimum Gasteiger partial charge on any atom is -0.381 e. The molecule has 1 fully saturated rings. The Bertz CT molecular complexity index is 438. The molecular weight excluding hydrogens is 282 g/mol. The molecule has 2 atom stereocenters. The average molecular weight is 309 g/mol. The Morgan fingerprint density at radius 2 is 2.00 bits per heavy atom. The first-order valence-corrected chi connectivity index (χ1v) is 8.86. The Kier molecular flexibility index (Phi) is 6.45. The molecule has 0 radical (unpaired) electrons. The average Bonchev–Trinajstić information content (AvgIpc) is 2.98. The molecule has 0 bridgehead atoms. The highest BCUT2D eigenvalue weighted by Crippen LogP contribution is 2.23. The lowest BCUT2D eigenvalue weighted by Gasteiger charge is -2.23. The minimum absolute atomic E-state index is 0.489. The number of nitrogens with one attached hydrogen (secondary N) is 1. The van der Waals surface area contributed by atoms with Crippen LogP contribution < -0.4 is 5.32 Å². The molecule has 0 spiro atoms. The predicted octanol–water partition coefficient (Wildman–Crippen LogP) is 2.90. The van der Waals surface area contributed by atoms with E-state index in [-0.39, 0.29) is 0 Å². The fourth-order valence-corrected chi connectivity index (χ4v) is 3.65. The third-order valence-electron chi connectivity index (χ3n) is 4.19. The van der Waals surface area contributed by atoms with Crippen LogP contribution in [-0.2, 0) is 4.74 Å². The number of hydrogen-bond acceptors (Lipinski definition) is 5. The minimum atomic E-state index is 0.489. The van der Waals surface area contributed by atoms with Gasteiger partial charge >= 0.3 is 0 Å². The quantitative estimate of drug-likeness (QED) is 0.620. The van der Waals surface area contributed by atoms with Crippen molar-refractivity contribution in [2.24, 2.45) is 5.92 Å². The predicted molar refractivity (Wildman–Crippen MR) is 88.0 cm³/mol. The van der Waals surface area contributed by atoms with Crippen molar-refractivity contribution in [1.29, 1.82) is 0 Å². The van der Waals surface area contributed by atoms with Crippen molar-refractivity contribution >= 4 is 11.8 Å². The van der Waals surface area contributed by atoms with E-state index in [1.54, 1.807) is 11.8 Å². The molecule has 0 saturated carbocycles. The van der Waals surface area contributed by atoms with E-state index in [2.05, 4.69) is 43.0 Å². The van der Waals surface area contributed by atoms with Crippen LogP contribution >= 0.6 is 11.8 Å². The van der Waals surface area contributed by atoms with Crippen LogP contribution in [0.5, 0.6) is 0 Å². The molecule has 2 rings (SSSR count). The van der Waals surface area contributed by atoms with Crippen molar-refractivity contribution in [3.63, 3.8) is 0 Å². The third kappa shape index (κ3) is 4.66. The van der Waals surface area contributed by atoms with Gasteiger partial charge in [0, 0.05) is 35.7 Å². The van der Waals surface area contributed by atoms with Gasteiger partial charge in [-0.05, 0) is 45.7 Å². The molecule has 1 N–H and O–H groups in total. The Hall–Kier alpha value is -0.650. The Morgan fingerprint density at radius 1 is 1.29 bits per heavy atom. The van der Waals surface area contributed by atoms with Gasteiger partial charge in [-0.3, -0.25) is 0 Å². The lowest BCUT2D eigenvalue weighted by molar-refractivity contribution is 0.179. The zero-order valence-electron chi connectivity index (χ0n) is 13.6. The summed E-state index contributed by atoms with van der Waals surface area (Å²) in [6.45, 7) is 11.3. The van der Waals surface area contributed by atoms with Gasteiger partial charge in [0.15, 0.2) is 5.16 Å². The van der Waals surface area contributed by atoms with Crippen molar-refractivity contribution < 1.29 is 4.74 Å². The molecule has 0 aliphatic carbocycles. The molecule has 0 amide bonds. The van der Waals surface area contributed by atoms with E-state index in [9.17, 15) is 0 Å². The second kappa shape index (κ2) is 8.11. The topological polar surface area (TPSA) is 47.0 Å². The van der Waals surface area contributed by atoms with Crippen molar-refractivity contribution in [3.8, 4) is 0 Å². The van der Waals surface area contributed by atoms with Crippen molar-refractivity contribution in [2.75, 3.05) is 25.5 Å². The van der Waals surface area contributed by atoms with Gasteiger partial charge in [0.05, 0.1) is 6.61 Å². The highest BCUT2D eigenvalue weighted by atomic mass is 32.2. The normalized spacial score (nSPS) is 19.9. The fraction of sp³-hybridized carbons (Fsp3) is 0.750. The Morgan fingerprint density at radius 3 is 2.57 bits per heavy atom. The van der Waals surface area contributed by atoms with E-state index in [4.69, 9.17) is 4.74 Å². The van der Waals surface area contributed by atoms with Gasteiger partial charge in [-0.1, -0.05) is 18.7 Å². The number of ether oxygens (including phenoxy) is 1. The SMILES string of the molecule is CCCNC(CSc1nc(C)c(C)c(C)n1)C1CCOC1. The lowest BCUT2D eigenvalue weighted by Crippen LogP contribution is -2.39. The Labute approximate surface area is 132 Å². The summed E-state index contributed by atoms with van der Waals surface area (Å²) in [6.07, 6.45) is 2.32. The number of hydrogen-bond donors (Lipinski definition) is 1. The molecule has 5 heteroatoms. The van der Waals surface area contributed by atoms with Crippen LogP contribution in [0.1, 0.15) is 36.7 Å². The molecular formula is C16H27N3OS. The molecule has 21 heavy (non-hydrogen) atoms. The first-order valence-electron chi connectivity index (χ1n) is 7.87. The standard InChI is InChI=1S/C16H27N3OS/c1-5-7-17-15(14-6-8-20-9-14)10-21-16-18-12(3)11(2)13(4)19-16/h14-15,17H,5-10H2,1-4H3. The van der Waals surface area contributed by atoms with Crippen molar-refractivity contribution in [1.82, 2.24) is 15.3 Å². The summed E-state index contributed by atoms with van der Waals surface area (Å²) in [5.41, 5.74) is 3.38. The number of aryl methyl sites for hydroxylation is 2. The first kappa shape index (κ1) is 16.7. The highest BCUT2D eigenvalue weighted by Gasteiger charge is 2.25. The van der Waals surface area contributed by atoms with Gasteiger partial charge in [0.1, 0.15) is 0 Å². The summed E-state index contributed by atoms with van der Waals surface area (Å²) in [5, 5.41) is 4.57. The lowest BCUT2D eigenvalue weighted by atomic mass is 10.0. The van der Waals surface area contributed by atoms with Crippen LogP contribution in [0.4, 0.5) is 0 Å². The van der Waals surface area contributed by atoms with E-state index in [1.165, 1.54) is 5.56 Å². The zero-order valence-corrected chi connectivity index (χ0v) is 14.4. The molecule has 1 aliphatic rings. The molecule has 118 valence electrons. The number of thioether (sulfide) groups is 1. The number of aromatic nitrogens is 2. The summed E-state index contributed by atoms with van der Waals surface area (Å²) in [7, 11) is 0. The van der Waals surface area contributed by atoms with E-state index in [0.29, 0.717) is 12.0 Å². The first-order chi connectivity index (χ1) is 10.1. The summed E-state index contributed by atoms with van der Waals surface area (Å²) >= 11 is 1.76. The highest BCUT2D eigenvalue weighted by molar-refractivity contribution is 7.99. The summed E-state index contributed by atoms with van der Waals surface area (Å²) in [6, 6.07) is 0.489. The molecule has 1 aromatic rings. The molecule has 1 saturated heterocycles. The number of nitrogens with zero attached hydrogens (tertiary/aromatic N) is 2. The van der Waals surface area contributed by atoms with E-state index >= 15 is 0 Å². The van der Waals surface area contributed by atoms with Crippen molar-refractivity contribution in [2.45, 2.75) is 51.7 Å². The summed E-state index contributed by atoms with van der Waals surface area (Å²) in [5.74, 6) is 1.63. The van der Waals surface area contributed by atoms with Crippen LogP contribution in [0.25, 0.3) is 0 Å². The monoisotopic (exact) mass is 309 g/mol. The zero-order chi connectivity index (χ0) is 15.2. The molecule has 4 nitrogen and oxygen atoms in total. The summed E-state index contributed by atoms with van der Waals surface area (Å²) in [4.78, 5) is 9.21. The molecule has 2 heterocycles. The molecule has 1 aromatic heterocycles. The Balaban J connectivity index is 1.97. The van der Waals surface area contributed by atoms with Crippen LogP contribution in [-0.4, -0.2) is 41.5 Å². The van der Waals surface area contributed by atoms with Gasteiger partial charge in [-0.2, -0.15) is 0 Å². The smallest absolute Gasteiger partial charge is 0.188 e. The van der Waals surface area contributed by atoms with E-state index in [1.807, 2.05) is 0 Å². The van der Waals surface area contributed by atoms with Gasteiger partial charge in [-0.25, -0.2) is 9.97 Å². The van der Waals surface area contributed by atoms with Crippen LogP contribution in [0, 0.1) is 26.7 Å². The van der Waals surface area contributed by atoms with Crippen molar-refractivity contribution in [3.05, 3.63) is 17.0 Å². The van der Waals surface area contributed by atoms with Crippen LogP contribution in [0.15, 0.2) is 5.16 Å². The van der Waals surface area contributed by atoms with Gasteiger partial charge in [-0.15, -0.1) is 0 Å². The maximum Gasteiger partial charge on any atom is 0.188 e. The molecule has 1 aliphatic heterocycles. The van der Waals surface area contributed by atoms with Gasteiger partial charge < -0.3 is 10.1 Å². The molecule has 2 unspecified atom stereocenters. The van der Waals surface area contributed by atoms with E-state index in [0.717, 1.165) is 54.9 Å². The largest absolute Gasteiger partial charge is 0.381 e. The van der Waals surface area contributed by atoms with Crippen LogP contribution in [0.3, 0.4) is 0 Å². The fourth-order valence-electron chi connectivity index (χ4n) is 2.53. The van der Waals surface area contributed by atoms with Crippen LogP contribution in [0.2, 0.25) is 0 Å². The number of rotatable bonds is 7. The maximum absolute atomic E-state index is 5.54.